The number of nitrogens with zero attached hydrogens (tertiary/aromatic N) is 2. The summed E-state index contributed by atoms with van der Waals surface area (Å²) in [7, 11) is -1.23. The summed E-state index contributed by atoms with van der Waals surface area (Å²) < 4.78 is 12.5. The van der Waals surface area contributed by atoms with Crippen LogP contribution in [-0.4, -0.2) is 67.8 Å². The number of rotatable bonds is 10. The first-order valence-corrected chi connectivity index (χ1v) is 16.9. The second kappa shape index (κ2) is 12.6. The highest BCUT2D eigenvalue weighted by Crippen LogP contribution is 2.47. The van der Waals surface area contributed by atoms with Gasteiger partial charge in [-0.1, -0.05) is 37.3 Å². The molecule has 212 valence electrons. The van der Waals surface area contributed by atoms with Gasteiger partial charge < -0.3 is 29.2 Å². The van der Waals surface area contributed by atoms with E-state index in [0.29, 0.717) is 25.3 Å². The van der Waals surface area contributed by atoms with Gasteiger partial charge in [-0.25, -0.2) is 0 Å². The molecule has 2 aromatic carbocycles. The lowest BCUT2D eigenvalue weighted by molar-refractivity contribution is -0.133. The van der Waals surface area contributed by atoms with Crippen molar-refractivity contribution in [1.82, 2.24) is 4.90 Å². The summed E-state index contributed by atoms with van der Waals surface area (Å²) in [6, 6.07) is 15.5. The molecular weight excluding hydrogens is 512 g/mol. The Morgan fingerprint density at radius 2 is 1.95 bits per heavy atom. The van der Waals surface area contributed by atoms with Crippen LogP contribution in [0.2, 0.25) is 18.6 Å². The number of piperidine rings is 1. The molecule has 9 heteroatoms. The molecule has 1 fully saturated rings. The van der Waals surface area contributed by atoms with Crippen molar-refractivity contribution in [3.63, 3.8) is 0 Å². The Labute approximate surface area is 232 Å². The van der Waals surface area contributed by atoms with Gasteiger partial charge in [0.05, 0.1) is 12.7 Å². The summed E-state index contributed by atoms with van der Waals surface area (Å²) in [5.74, 6) is 0.520. The summed E-state index contributed by atoms with van der Waals surface area (Å²) in [6.45, 7) is 6.90. The van der Waals surface area contributed by atoms with E-state index in [2.05, 4.69) is 0 Å². The highest BCUT2D eigenvalue weighted by Gasteiger charge is 2.47. The van der Waals surface area contributed by atoms with Crippen LogP contribution < -0.4 is 9.64 Å². The van der Waals surface area contributed by atoms with Crippen molar-refractivity contribution < 1.29 is 29.0 Å². The molecule has 2 aliphatic heterocycles. The van der Waals surface area contributed by atoms with Crippen molar-refractivity contribution in [3.8, 4) is 5.75 Å². The van der Waals surface area contributed by atoms with E-state index >= 15 is 0 Å². The van der Waals surface area contributed by atoms with Crippen molar-refractivity contribution in [2.45, 2.75) is 70.0 Å². The van der Waals surface area contributed by atoms with E-state index in [-0.39, 0.29) is 43.4 Å². The average molecular weight is 555 g/mol. The van der Waals surface area contributed by atoms with Gasteiger partial charge in [0, 0.05) is 62.3 Å². The first kappa shape index (κ1) is 29.3. The number of hydrogen-bond acceptors (Lipinski definition) is 6. The fourth-order valence-electron chi connectivity index (χ4n) is 5.91. The number of amides is 2. The lowest BCUT2D eigenvalue weighted by Crippen LogP contribution is -2.50. The van der Waals surface area contributed by atoms with Crippen LogP contribution in [0.15, 0.2) is 48.5 Å². The summed E-state index contributed by atoms with van der Waals surface area (Å²) >= 11 is 0. The summed E-state index contributed by atoms with van der Waals surface area (Å²) in [4.78, 5) is 41.0. The van der Waals surface area contributed by atoms with Crippen LogP contribution in [0.25, 0.3) is 0 Å². The Kier molecular flexibility index (Phi) is 9.48. The van der Waals surface area contributed by atoms with E-state index in [1.54, 1.807) is 12.0 Å². The molecule has 0 radical (unpaired) electrons. The van der Waals surface area contributed by atoms with Crippen molar-refractivity contribution in [3.05, 3.63) is 59.7 Å². The van der Waals surface area contributed by atoms with Gasteiger partial charge in [0.2, 0.25) is 11.8 Å². The zero-order chi connectivity index (χ0) is 28.2. The normalized spacial score (nSPS) is 22.2. The summed E-state index contributed by atoms with van der Waals surface area (Å²) in [5, 5.41) is 9.66. The maximum Gasteiger partial charge on any atom is 0.226 e. The highest BCUT2D eigenvalue weighted by molar-refractivity contribution is 6.71. The number of methoxy groups -OCH3 is 1. The monoisotopic (exact) mass is 554 g/mol. The molecule has 4 atom stereocenters. The van der Waals surface area contributed by atoms with E-state index in [9.17, 15) is 19.5 Å². The van der Waals surface area contributed by atoms with Crippen LogP contribution in [0, 0.1) is 5.92 Å². The van der Waals surface area contributed by atoms with E-state index in [0.717, 1.165) is 29.7 Å². The molecule has 0 aliphatic carbocycles. The molecule has 0 saturated carbocycles. The molecule has 0 spiro atoms. The number of anilines is 1. The second-order valence-electron chi connectivity index (χ2n) is 11.3. The smallest absolute Gasteiger partial charge is 0.226 e. The number of carbonyl (C=O) groups is 2. The Balaban J connectivity index is 1.59. The van der Waals surface area contributed by atoms with Crippen molar-refractivity contribution in [2.24, 2.45) is 5.92 Å². The van der Waals surface area contributed by atoms with E-state index < -0.39 is 20.0 Å². The maximum absolute atomic E-state index is 13.6. The number of fused-ring (bicyclic) bond motifs is 1. The van der Waals surface area contributed by atoms with Gasteiger partial charge in [-0.15, -0.1) is 0 Å². The minimum absolute atomic E-state index is 0.115. The van der Waals surface area contributed by atoms with Crippen LogP contribution in [0.3, 0.4) is 0 Å². The Morgan fingerprint density at radius 1 is 1.21 bits per heavy atom. The molecule has 0 aromatic heterocycles. The third-order valence-corrected chi connectivity index (χ3v) is 10.4. The Bertz CT molecular complexity index is 1140. The molecule has 2 heterocycles. The SMILES string of the molecule is CO[C@@H]1c2cc(N3CCCCC3=O)ccc2O[C@H](C(CC(=O)N(CCO)Cc2ccccc2)[Si](C)(C)O)[C@H]1C. The molecule has 2 aromatic rings. The van der Waals surface area contributed by atoms with Crippen LogP contribution in [0.4, 0.5) is 5.69 Å². The summed E-state index contributed by atoms with van der Waals surface area (Å²) in [6.07, 6.45) is 1.82. The minimum atomic E-state index is -2.89. The number of ether oxygens (including phenoxy) is 2. The fraction of sp³-hybridized carbons (Fsp3) is 0.533. The van der Waals surface area contributed by atoms with Crippen LogP contribution >= 0.6 is 0 Å². The molecule has 1 unspecified atom stereocenters. The van der Waals surface area contributed by atoms with Gasteiger partial charge >= 0.3 is 0 Å². The maximum atomic E-state index is 13.6. The van der Waals surface area contributed by atoms with E-state index in [4.69, 9.17) is 9.47 Å². The van der Waals surface area contributed by atoms with E-state index in [1.807, 2.05) is 73.4 Å². The number of hydrogen-bond donors (Lipinski definition) is 2. The Morgan fingerprint density at radius 3 is 2.59 bits per heavy atom. The van der Waals surface area contributed by atoms with Gasteiger partial charge in [0.15, 0.2) is 8.32 Å². The minimum Gasteiger partial charge on any atom is -0.490 e. The quantitative estimate of drug-likeness (QED) is 0.426. The molecule has 8 nitrogen and oxygen atoms in total. The second-order valence-corrected chi connectivity index (χ2v) is 15.4. The Hall–Kier alpha value is -2.72. The summed E-state index contributed by atoms with van der Waals surface area (Å²) in [5.41, 5.74) is 2.31. The molecule has 2 N–H and O–H groups in total. The zero-order valence-corrected chi connectivity index (χ0v) is 24.5. The van der Waals surface area contributed by atoms with Crippen LogP contribution in [0.5, 0.6) is 5.75 Å². The lowest BCUT2D eigenvalue weighted by atomic mass is 9.86. The molecule has 2 amide bonds. The highest BCUT2D eigenvalue weighted by atomic mass is 28.4. The van der Waals surface area contributed by atoms with Crippen molar-refractivity contribution in [2.75, 3.05) is 31.7 Å². The lowest BCUT2D eigenvalue weighted by Gasteiger charge is -2.44. The van der Waals surface area contributed by atoms with Gasteiger partial charge in [-0.3, -0.25) is 9.59 Å². The number of aliphatic hydroxyl groups excluding tert-OH is 1. The number of aliphatic hydroxyl groups is 1. The zero-order valence-electron chi connectivity index (χ0n) is 23.5. The predicted octanol–water partition coefficient (Wildman–Crippen LogP) is 4.27. The van der Waals surface area contributed by atoms with Gasteiger partial charge in [-0.2, -0.15) is 0 Å². The molecular formula is C30H42N2O6Si. The first-order chi connectivity index (χ1) is 18.6. The van der Waals surface area contributed by atoms with Crippen molar-refractivity contribution in [1.29, 1.82) is 0 Å². The van der Waals surface area contributed by atoms with Gasteiger partial charge in [0.1, 0.15) is 11.9 Å². The number of carbonyl (C=O) groups excluding carboxylic acids is 2. The number of benzene rings is 2. The third kappa shape index (κ3) is 6.71. The standard InChI is InChI=1S/C30H42N2O6Si/c1-21-29(37-2)24-18-23(32-15-9-8-12-27(32)34)13-14-25(24)38-30(21)26(39(3,4)36)19-28(35)31(16-17-33)20-22-10-6-5-7-11-22/h5-7,10-11,13-14,18,21,26,29-30,33,36H,8-9,12,15-17,19-20H2,1-4H3/t21-,26?,29-,30-/m0/s1. The van der Waals surface area contributed by atoms with E-state index in [1.165, 1.54) is 0 Å². The third-order valence-electron chi connectivity index (χ3n) is 8.09. The molecule has 2 aliphatic rings. The van der Waals surface area contributed by atoms with Crippen molar-refractivity contribution >= 4 is 25.8 Å². The first-order valence-electron chi connectivity index (χ1n) is 13.9. The fourth-order valence-corrected chi connectivity index (χ4v) is 7.76. The van der Waals surface area contributed by atoms with Gasteiger partial charge in [0.25, 0.3) is 0 Å². The average Bonchev–Trinajstić information content (AvgIpc) is 2.91. The predicted molar refractivity (Wildman–Crippen MR) is 153 cm³/mol. The van der Waals surface area contributed by atoms with Gasteiger partial charge in [-0.05, 0) is 49.7 Å². The molecule has 1 saturated heterocycles. The largest absolute Gasteiger partial charge is 0.490 e. The molecule has 0 bridgehead atoms. The molecule has 4 rings (SSSR count). The van der Waals surface area contributed by atoms with Crippen LogP contribution in [0.1, 0.15) is 49.8 Å². The molecule has 39 heavy (non-hydrogen) atoms. The van der Waals surface area contributed by atoms with Crippen LogP contribution in [-0.2, 0) is 20.9 Å². The topological polar surface area (TPSA) is 99.5 Å².